The second-order valence-electron chi connectivity index (χ2n) is 6.29. The van der Waals surface area contributed by atoms with Crippen LogP contribution in [0, 0.1) is 13.8 Å². The van der Waals surface area contributed by atoms with Gasteiger partial charge in [0.05, 0.1) is 12.0 Å². The van der Waals surface area contributed by atoms with Crippen molar-refractivity contribution in [1.82, 2.24) is 20.4 Å². The zero-order valence-corrected chi connectivity index (χ0v) is 15.9. The van der Waals surface area contributed by atoms with Crippen LogP contribution in [0.15, 0.2) is 27.8 Å². The van der Waals surface area contributed by atoms with E-state index < -0.39 is 0 Å². The Bertz CT molecular complexity index is 658. The molecule has 0 saturated heterocycles. The van der Waals surface area contributed by atoms with Crippen molar-refractivity contribution in [2.45, 2.75) is 46.5 Å². The Kier molecular flexibility index (Phi) is 7.57. The molecule has 0 spiro atoms. The van der Waals surface area contributed by atoms with Crippen LogP contribution in [0.4, 0.5) is 0 Å². The first kappa shape index (κ1) is 19.1. The molecule has 2 heterocycles. The molecule has 0 amide bonds. The van der Waals surface area contributed by atoms with Crippen molar-refractivity contribution in [1.29, 1.82) is 0 Å². The van der Waals surface area contributed by atoms with E-state index in [0.717, 1.165) is 62.7 Å². The Hall–Kier alpha value is -2.24. The lowest BCUT2D eigenvalue weighted by molar-refractivity contribution is 0.506. The smallest absolute Gasteiger partial charge is 0.191 e. The third kappa shape index (κ3) is 5.96. The molecule has 0 atom stereocenters. The summed E-state index contributed by atoms with van der Waals surface area (Å²) in [5, 5.41) is 11.3. The number of aromatic nitrogens is 2. The maximum Gasteiger partial charge on any atom is 0.191 e. The fourth-order valence-electron chi connectivity index (χ4n) is 2.81. The Morgan fingerprint density at radius 3 is 2.68 bits per heavy atom. The third-order valence-corrected chi connectivity index (χ3v) is 4.29. The molecule has 138 valence electrons. The molecule has 0 radical (unpaired) electrons. The van der Waals surface area contributed by atoms with E-state index in [0.29, 0.717) is 0 Å². The first-order valence-electron chi connectivity index (χ1n) is 9.15. The number of hydrogen-bond donors (Lipinski definition) is 2. The maximum atomic E-state index is 5.36. The molecule has 2 aromatic rings. The zero-order chi connectivity index (χ0) is 18.1. The van der Waals surface area contributed by atoms with E-state index in [1.807, 2.05) is 23.9 Å². The van der Waals surface area contributed by atoms with Crippen molar-refractivity contribution in [2.24, 2.45) is 12.0 Å². The van der Waals surface area contributed by atoms with E-state index in [9.17, 15) is 0 Å². The summed E-state index contributed by atoms with van der Waals surface area (Å²) in [6.07, 6.45) is 5.69. The van der Waals surface area contributed by atoms with Crippen molar-refractivity contribution in [2.75, 3.05) is 19.6 Å². The van der Waals surface area contributed by atoms with Crippen molar-refractivity contribution < 1.29 is 4.42 Å². The summed E-state index contributed by atoms with van der Waals surface area (Å²) in [4.78, 5) is 4.59. The van der Waals surface area contributed by atoms with Gasteiger partial charge in [-0.05, 0) is 50.8 Å². The van der Waals surface area contributed by atoms with Crippen LogP contribution >= 0.6 is 0 Å². The predicted octanol–water partition coefficient (Wildman–Crippen LogP) is 2.75. The SMILES string of the molecule is CCCN=C(NCCCc1c(C)nn(C)c1C)NCCc1ccco1. The molecule has 6 heteroatoms. The van der Waals surface area contributed by atoms with Crippen LogP contribution in [0.25, 0.3) is 0 Å². The molecule has 2 rings (SSSR count). The number of aryl methyl sites for hydroxylation is 2. The highest BCUT2D eigenvalue weighted by molar-refractivity contribution is 5.79. The number of nitrogens with zero attached hydrogens (tertiary/aromatic N) is 3. The number of guanidine groups is 1. The molecule has 2 N–H and O–H groups in total. The summed E-state index contributed by atoms with van der Waals surface area (Å²) in [5.41, 5.74) is 3.76. The molecule has 0 unspecified atom stereocenters. The van der Waals surface area contributed by atoms with Gasteiger partial charge in [-0.25, -0.2) is 0 Å². The number of nitrogens with one attached hydrogen (secondary N) is 2. The summed E-state index contributed by atoms with van der Waals surface area (Å²) in [6.45, 7) is 8.88. The van der Waals surface area contributed by atoms with Crippen molar-refractivity contribution in [3.05, 3.63) is 41.1 Å². The zero-order valence-electron chi connectivity index (χ0n) is 15.9. The van der Waals surface area contributed by atoms with Crippen LogP contribution in [0.5, 0.6) is 0 Å². The van der Waals surface area contributed by atoms with Gasteiger partial charge in [0.2, 0.25) is 0 Å². The van der Waals surface area contributed by atoms with E-state index in [1.165, 1.54) is 11.3 Å². The fraction of sp³-hybridized carbons (Fsp3) is 0.579. The molecule has 0 aromatic carbocycles. The minimum Gasteiger partial charge on any atom is -0.469 e. The molecule has 0 aliphatic carbocycles. The standard InChI is InChI=1S/C19H31N5O/c1-5-11-20-19(22-13-10-17-8-7-14-25-17)21-12-6-9-18-15(2)23-24(4)16(18)3/h7-8,14H,5-6,9-13H2,1-4H3,(H2,20,21,22). The summed E-state index contributed by atoms with van der Waals surface area (Å²) in [6, 6.07) is 3.92. The number of rotatable bonds is 9. The first-order chi connectivity index (χ1) is 12.1. The van der Waals surface area contributed by atoms with Gasteiger partial charge in [0, 0.05) is 38.8 Å². The van der Waals surface area contributed by atoms with Gasteiger partial charge in [-0.1, -0.05) is 6.92 Å². The van der Waals surface area contributed by atoms with E-state index >= 15 is 0 Å². The van der Waals surface area contributed by atoms with Gasteiger partial charge in [-0.3, -0.25) is 9.67 Å². The number of hydrogen-bond acceptors (Lipinski definition) is 3. The summed E-state index contributed by atoms with van der Waals surface area (Å²) >= 11 is 0. The van der Waals surface area contributed by atoms with E-state index in [1.54, 1.807) is 6.26 Å². The number of aliphatic imine (C=N–C) groups is 1. The van der Waals surface area contributed by atoms with Gasteiger partial charge >= 0.3 is 0 Å². The topological polar surface area (TPSA) is 67.4 Å². The summed E-state index contributed by atoms with van der Waals surface area (Å²) in [7, 11) is 2.00. The maximum absolute atomic E-state index is 5.36. The van der Waals surface area contributed by atoms with Crippen molar-refractivity contribution in [3.63, 3.8) is 0 Å². The molecule has 6 nitrogen and oxygen atoms in total. The molecular weight excluding hydrogens is 314 g/mol. The largest absolute Gasteiger partial charge is 0.469 e. The lowest BCUT2D eigenvalue weighted by atomic mass is 10.1. The van der Waals surface area contributed by atoms with Crippen molar-refractivity contribution in [3.8, 4) is 0 Å². The van der Waals surface area contributed by atoms with Gasteiger partial charge in [-0.15, -0.1) is 0 Å². The molecule has 25 heavy (non-hydrogen) atoms. The van der Waals surface area contributed by atoms with Crippen LogP contribution in [-0.2, 0) is 19.9 Å². The highest BCUT2D eigenvalue weighted by Gasteiger charge is 2.08. The normalized spacial score (nSPS) is 11.8. The van der Waals surface area contributed by atoms with Gasteiger partial charge in [0.15, 0.2) is 5.96 Å². The van der Waals surface area contributed by atoms with E-state index in [2.05, 4.69) is 41.5 Å². The molecule has 0 saturated carbocycles. The van der Waals surface area contributed by atoms with Gasteiger partial charge in [0.1, 0.15) is 5.76 Å². The van der Waals surface area contributed by atoms with Crippen LogP contribution < -0.4 is 10.6 Å². The Morgan fingerprint density at radius 1 is 1.24 bits per heavy atom. The Morgan fingerprint density at radius 2 is 2.04 bits per heavy atom. The fourth-order valence-corrected chi connectivity index (χ4v) is 2.81. The number of furan rings is 1. The second-order valence-corrected chi connectivity index (χ2v) is 6.29. The highest BCUT2D eigenvalue weighted by atomic mass is 16.3. The molecule has 2 aromatic heterocycles. The summed E-state index contributed by atoms with van der Waals surface area (Å²) in [5.74, 6) is 1.87. The highest BCUT2D eigenvalue weighted by Crippen LogP contribution is 2.13. The average molecular weight is 345 g/mol. The monoisotopic (exact) mass is 345 g/mol. The molecule has 0 fully saturated rings. The quantitative estimate of drug-likeness (QED) is 0.417. The van der Waals surface area contributed by atoms with Crippen LogP contribution in [-0.4, -0.2) is 35.4 Å². The molecular formula is C19H31N5O. The lowest BCUT2D eigenvalue weighted by Gasteiger charge is -2.12. The third-order valence-electron chi connectivity index (χ3n) is 4.29. The Balaban J connectivity index is 1.75. The molecule has 0 aliphatic heterocycles. The van der Waals surface area contributed by atoms with Crippen LogP contribution in [0.2, 0.25) is 0 Å². The van der Waals surface area contributed by atoms with Crippen LogP contribution in [0.1, 0.15) is 42.5 Å². The predicted molar refractivity (Wildman–Crippen MR) is 102 cm³/mol. The summed E-state index contributed by atoms with van der Waals surface area (Å²) < 4.78 is 7.32. The molecule has 0 aliphatic rings. The lowest BCUT2D eigenvalue weighted by Crippen LogP contribution is -2.39. The molecule has 0 bridgehead atoms. The minimum atomic E-state index is 0.809. The average Bonchev–Trinajstić information content (AvgIpc) is 3.19. The van der Waals surface area contributed by atoms with E-state index in [4.69, 9.17) is 4.42 Å². The van der Waals surface area contributed by atoms with Crippen molar-refractivity contribution >= 4 is 5.96 Å². The Labute approximate surface area is 150 Å². The van der Waals surface area contributed by atoms with E-state index in [-0.39, 0.29) is 0 Å². The minimum absolute atomic E-state index is 0.809. The second kappa shape index (κ2) is 9.91. The van der Waals surface area contributed by atoms with Crippen LogP contribution in [0.3, 0.4) is 0 Å². The van der Waals surface area contributed by atoms with Gasteiger partial charge in [0.25, 0.3) is 0 Å². The van der Waals surface area contributed by atoms with Gasteiger partial charge < -0.3 is 15.1 Å². The first-order valence-corrected chi connectivity index (χ1v) is 9.15. The van der Waals surface area contributed by atoms with Gasteiger partial charge in [-0.2, -0.15) is 5.10 Å².